The molecule has 0 saturated carbocycles. The predicted molar refractivity (Wildman–Crippen MR) is 37.7 cm³/mol. The van der Waals surface area contributed by atoms with Crippen LogP contribution >= 0.6 is 0 Å². The Hall–Kier alpha value is 0.270. The second-order valence-corrected chi connectivity index (χ2v) is 4.10. The van der Waals surface area contributed by atoms with E-state index in [-0.39, 0.29) is 6.61 Å². The van der Waals surface area contributed by atoms with Gasteiger partial charge in [0.1, 0.15) is 11.5 Å². The molecule has 0 spiro atoms. The number of rotatable bonds is 2. The Kier molecular flexibility index (Phi) is 2.82. The predicted octanol–water partition coefficient (Wildman–Crippen LogP) is 0.137. The van der Waals surface area contributed by atoms with Gasteiger partial charge in [-0.1, -0.05) is 11.2 Å². The van der Waals surface area contributed by atoms with E-state index < -0.39 is 11.2 Å². The fraction of sp³-hybridized carbons (Fsp3) is 1.00. The molecule has 1 fully saturated rings. The molecule has 0 aromatic rings. The summed E-state index contributed by atoms with van der Waals surface area (Å²) < 4.78 is 10.8. The molecule has 0 bridgehead atoms. The van der Waals surface area contributed by atoms with Crippen LogP contribution in [0.4, 0.5) is 0 Å². The van der Waals surface area contributed by atoms with E-state index in [1.807, 2.05) is 0 Å². The van der Waals surface area contributed by atoms with Crippen molar-refractivity contribution >= 4 is 11.2 Å². The zero-order valence-electron chi connectivity index (χ0n) is 5.38. The molecule has 1 heterocycles. The monoisotopic (exact) mass is 148 g/mol. The van der Waals surface area contributed by atoms with Crippen molar-refractivity contribution in [2.24, 2.45) is 5.92 Å². The van der Waals surface area contributed by atoms with Gasteiger partial charge in [-0.3, -0.25) is 0 Å². The smallest absolute Gasteiger partial charge is 0.108 e. The SMILES string of the molecule is [O-][S+]1CCC(CCO)C1. The molecule has 1 N–H and O–H groups in total. The Morgan fingerprint density at radius 1 is 1.67 bits per heavy atom. The van der Waals surface area contributed by atoms with Gasteiger partial charge in [-0.05, 0) is 12.8 Å². The summed E-state index contributed by atoms with van der Waals surface area (Å²) in [5.74, 6) is 2.21. The van der Waals surface area contributed by atoms with Crippen molar-refractivity contribution < 1.29 is 9.66 Å². The number of aliphatic hydroxyl groups excluding tert-OH is 1. The molecular formula is C6H12O2S. The first-order valence-electron chi connectivity index (χ1n) is 3.28. The normalized spacial score (nSPS) is 35.3. The molecule has 2 nitrogen and oxygen atoms in total. The zero-order chi connectivity index (χ0) is 6.69. The third-order valence-electron chi connectivity index (χ3n) is 1.71. The van der Waals surface area contributed by atoms with Crippen LogP contribution in [0, 0.1) is 5.92 Å². The van der Waals surface area contributed by atoms with Crippen LogP contribution in [-0.2, 0) is 11.2 Å². The molecule has 2 unspecified atom stereocenters. The molecule has 0 amide bonds. The van der Waals surface area contributed by atoms with Gasteiger partial charge in [-0.2, -0.15) is 0 Å². The standard InChI is InChI=1S/C6H12O2S/c7-3-1-6-2-4-9(8)5-6/h6-7H,1-5H2. The molecule has 0 aromatic carbocycles. The summed E-state index contributed by atoms with van der Waals surface area (Å²) in [6.45, 7) is 0.252. The highest BCUT2D eigenvalue weighted by Crippen LogP contribution is 2.20. The quantitative estimate of drug-likeness (QED) is 0.566. The van der Waals surface area contributed by atoms with Crippen LogP contribution in [0.25, 0.3) is 0 Å². The number of aliphatic hydroxyl groups is 1. The van der Waals surface area contributed by atoms with Crippen LogP contribution in [0.1, 0.15) is 12.8 Å². The van der Waals surface area contributed by atoms with Crippen LogP contribution in [0.5, 0.6) is 0 Å². The molecule has 1 saturated heterocycles. The average Bonchev–Trinajstić information content (AvgIpc) is 2.17. The summed E-state index contributed by atoms with van der Waals surface area (Å²) in [7, 11) is 0. The molecule has 1 rings (SSSR count). The van der Waals surface area contributed by atoms with Gasteiger partial charge in [0.15, 0.2) is 0 Å². The molecule has 1 aliphatic heterocycles. The first kappa shape index (κ1) is 7.38. The Labute approximate surface area is 58.4 Å². The van der Waals surface area contributed by atoms with Gasteiger partial charge < -0.3 is 9.66 Å². The minimum absolute atomic E-state index is 0.252. The van der Waals surface area contributed by atoms with E-state index in [1.165, 1.54) is 0 Å². The van der Waals surface area contributed by atoms with Crippen LogP contribution in [0.3, 0.4) is 0 Å². The fourth-order valence-corrected chi connectivity index (χ4v) is 2.76. The van der Waals surface area contributed by atoms with Gasteiger partial charge in [0.25, 0.3) is 0 Å². The lowest BCUT2D eigenvalue weighted by molar-refractivity contribution is 0.264. The minimum atomic E-state index is -0.566. The largest absolute Gasteiger partial charge is 0.616 e. The lowest BCUT2D eigenvalue weighted by Crippen LogP contribution is -2.06. The first-order valence-corrected chi connectivity index (χ1v) is 4.77. The third kappa shape index (κ3) is 2.16. The summed E-state index contributed by atoms with van der Waals surface area (Å²) >= 11 is -0.566. The number of hydrogen-bond donors (Lipinski definition) is 1. The van der Waals surface area contributed by atoms with E-state index in [0.717, 1.165) is 24.3 Å². The van der Waals surface area contributed by atoms with Crippen molar-refractivity contribution in [3.05, 3.63) is 0 Å². The molecular weight excluding hydrogens is 136 g/mol. The van der Waals surface area contributed by atoms with E-state index >= 15 is 0 Å². The van der Waals surface area contributed by atoms with E-state index in [1.54, 1.807) is 0 Å². The Balaban J connectivity index is 2.14. The summed E-state index contributed by atoms with van der Waals surface area (Å²) in [5.41, 5.74) is 0. The van der Waals surface area contributed by atoms with Crippen LogP contribution in [0.2, 0.25) is 0 Å². The lowest BCUT2D eigenvalue weighted by atomic mass is 10.1. The van der Waals surface area contributed by atoms with E-state index in [0.29, 0.717) is 5.92 Å². The Morgan fingerprint density at radius 3 is 2.89 bits per heavy atom. The van der Waals surface area contributed by atoms with E-state index in [2.05, 4.69) is 0 Å². The van der Waals surface area contributed by atoms with Crippen molar-refractivity contribution in [2.45, 2.75) is 12.8 Å². The Bertz CT molecular complexity index is 85.1. The van der Waals surface area contributed by atoms with Gasteiger partial charge in [-0.15, -0.1) is 0 Å². The van der Waals surface area contributed by atoms with Gasteiger partial charge in [0.05, 0.1) is 0 Å². The van der Waals surface area contributed by atoms with Crippen molar-refractivity contribution in [3.8, 4) is 0 Å². The van der Waals surface area contributed by atoms with Crippen molar-refractivity contribution in [1.29, 1.82) is 0 Å². The Morgan fingerprint density at radius 2 is 2.44 bits per heavy atom. The maximum Gasteiger partial charge on any atom is 0.108 e. The van der Waals surface area contributed by atoms with Crippen molar-refractivity contribution in [1.82, 2.24) is 0 Å². The van der Waals surface area contributed by atoms with Gasteiger partial charge in [-0.25, -0.2) is 0 Å². The van der Waals surface area contributed by atoms with E-state index in [9.17, 15) is 4.55 Å². The van der Waals surface area contributed by atoms with E-state index in [4.69, 9.17) is 5.11 Å². The molecule has 54 valence electrons. The summed E-state index contributed by atoms with van der Waals surface area (Å²) in [6.07, 6.45) is 1.89. The number of hydrogen-bond acceptors (Lipinski definition) is 2. The molecule has 0 aromatic heterocycles. The van der Waals surface area contributed by atoms with Crippen molar-refractivity contribution in [3.63, 3.8) is 0 Å². The highest BCUT2D eigenvalue weighted by Gasteiger charge is 2.24. The second-order valence-electron chi connectivity index (χ2n) is 2.48. The fourth-order valence-electron chi connectivity index (χ4n) is 1.14. The summed E-state index contributed by atoms with van der Waals surface area (Å²) in [6, 6.07) is 0. The molecule has 0 radical (unpaired) electrons. The molecule has 3 heteroatoms. The van der Waals surface area contributed by atoms with Crippen LogP contribution in [0.15, 0.2) is 0 Å². The highest BCUT2D eigenvalue weighted by atomic mass is 32.2. The van der Waals surface area contributed by atoms with Crippen LogP contribution in [-0.4, -0.2) is 27.8 Å². The lowest BCUT2D eigenvalue weighted by Gasteiger charge is -2.02. The van der Waals surface area contributed by atoms with Gasteiger partial charge in [0, 0.05) is 12.5 Å². The van der Waals surface area contributed by atoms with Crippen molar-refractivity contribution in [2.75, 3.05) is 18.1 Å². The molecule has 2 atom stereocenters. The summed E-state index contributed by atoms with van der Waals surface area (Å²) in [5, 5.41) is 8.51. The maximum atomic E-state index is 10.8. The van der Waals surface area contributed by atoms with Gasteiger partial charge >= 0.3 is 0 Å². The summed E-state index contributed by atoms with van der Waals surface area (Å²) in [4.78, 5) is 0. The molecule has 9 heavy (non-hydrogen) atoms. The second kappa shape index (κ2) is 3.44. The molecule has 0 aliphatic carbocycles. The minimum Gasteiger partial charge on any atom is -0.616 e. The zero-order valence-corrected chi connectivity index (χ0v) is 6.19. The molecule has 1 aliphatic rings. The first-order chi connectivity index (χ1) is 4.33. The van der Waals surface area contributed by atoms with Crippen LogP contribution < -0.4 is 0 Å². The van der Waals surface area contributed by atoms with Gasteiger partial charge in [0.2, 0.25) is 0 Å². The maximum absolute atomic E-state index is 10.8. The topological polar surface area (TPSA) is 43.3 Å². The third-order valence-corrected chi connectivity index (χ3v) is 3.25. The average molecular weight is 148 g/mol. The highest BCUT2D eigenvalue weighted by molar-refractivity contribution is 7.91.